The van der Waals surface area contributed by atoms with Gasteiger partial charge in [0.15, 0.2) is 0 Å². The van der Waals surface area contributed by atoms with Gasteiger partial charge in [-0.05, 0) is 55.4 Å². The van der Waals surface area contributed by atoms with Gasteiger partial charge in [0.05, 0.1) is 5.56 Å². The van der Waals surface area contributed by atoms with Crippen LogP contribution in [0.15, 0.2) is 18.2 Å². The molecule has 3 rings (SSSR count). The highest BCUT2D eigenvalue weighted by atomic mass is 16.5. The number of esters is 1. The van der Waals surface area contributed by atoms with Crippen LogP contribution < -0.4 is 0 Å². The molecule has 1 aliphatic carbocycles. The molecular weight excluding hydrogens is 212 g/mol. The molecule has 0 bridgehead atoms. The molecule has 88 valence electrons. The second kappa shape index (κ2) is 4.02. The minimum atomic E-state index is -0.174. The summed E-state index contributed by atoms with van der Waals surface area (Å²) in [4.78, 5) is 11.5. The van der Waals surface area contributed by atoms with Crippen molar-refractivity contribution >= 4 is 11.5 Å². The van der Waals surface area contributed by atoms with E-state index < -0.39 is 0 Å². The van der Waals surface area contributed by atoms with E-state index in [9.17, 15) is 4.79 Å². The molecule has 0 atom stereocenters. The molecule has 0 radical (unpaired) electrons. The molecule has 2 nitrogen and oxygen atoms in total. The van der Waals surface area contributed by atoms with E-state index in [1.807, 2.05) is 6.07 Å². The minimum Gasteiger partial charge on any atom is -0.457 e. The van der Waals surface area contributed by atoms with E-state index >= 15 is 0 Å². The second-order valence-corrected chi connectivity index (χ2v) is 4.82. The number of carbonyl (C=O) groups excluding carboxylic acids is 1. The predicted molar refractivity (Wildman–Crippen MR) is 66.7 cm³/mol. The van der Waals surface area contributed by atoms with Crippen molar-refractivity contribution in [2.24, 2.45) is 0 Å². The number of hydrogen-bond acceptors (Lipinski definition) is 2. The summed E-state index contributed by atoms with van der Waals surface area (Å²) in [5.41, 5.74) is 5.81. The van der Waals surface area contributed by atoms with Crippen molar-refractivity contribution in [1.29, 1.82) is 0 Å². The Balaban J connectivity index is 2.08. The molecule has 0 unspecified atom stereocenters. The fourth-order valence-electron chi connectivity index (χ4n) is 2.78. The molecule has 1 aliphatic heterocycles. The maximum absolute atomic E-state index is 11.5. The smallest absolute Gasteiger partial charge is 0.338 e. The molecule has 2 aliphatic rings. The number of carbonyl (C=O) groups is 1. The predicted octanol–water partition coefficient (Wildman–Crippen LogP) is 3.62. The Bertz CT molecular complexity index is 512. The van der Waals surface area contributed by atoms with Crippen LogP contribution in [0.4, 0.5) is 0 Å². The number of hydrogen-bond donors (Lipinski definition) is 0. The van der Waals surface area contributed by atoms with Gasteiger partial charge >= 0.3 is 5.97 Å². The number of fused-ring (bicyclic) bond motifs is 1. The van der Waals surface area contributed by atoms with E-state index in [2.05, 4.69) is 19.1 Å². The molecule has 0 spiro atoms. The van der Waals surface area contributed by atoms with Crippen LogP contribution in [0.2, 0.25) is 0 Å². The van der Waals surface area contributed by atoms with Crippen molar-refractivity contribution in [2.75, 3.05) is 0 Å². The highest BCUT2D eigenvalue weighted by Crippen LogP contribution is 2.33. The second-order valence-electron chi connectivity index (χ2n) is 4.82. The Labute approximate surface area is 101 Å². The molecule has 1 heterocycles. The highest BCUT2D eigenvalue weighted by Gasteiger charge is 2.24. The lowest BCUT2D eigenvalue weighted by molar-refractivity contribution is 0.0535. The van der Waals surface area contributed by atoms with Crippen molar-refractivity contribution in [2.45, 2.75) is 39.2 Å². The summed E-state index contributed by atoms with van der Waals surface area (Å²) in [6.07, 6.45) is 7.26. The molecule has 17 heavy (non-hydrogen) atoms. The first-order valence-electron chi connectivity index (χ1n) is 6.26. The summed E-state index contributed by atoms with van der Waals surface area (Å²) in [6, 6.07) is 4.00. The van der Waals surface area contributed by atoms with Crippen LogP contribution in [-0.4, -0.2) is 5.97 Å². The molecule has 0 N–H and O–H groups in total. The largest absolute Gasteiger partial charge is 0.457 e. The van der Waals surface area contributed by atoms with Crippen molar-refractivity contribution in [3.05, 3.63) is 40.5 Å². The lowest BCUT2D eigenvalue weighted by atomic mass is 9.88. The van der Waals surface area contributed by atoms with E-state index in [-0.39, 0.29) is 5.97 Å². The molecule has 0 saturated heterocycles. The summed E-state index contributed by atoms with van der Waals surface area (Å²) >= 11 is 0. The van der Waals surface area contributed by atoms with Crippen LogP contribution >= 0.6 is 0 Å². The third kappa shape index (κ3) is 1.68. The summed E-state index contributed by atoms with van der Waals surface area (Å²) in [5, 5.41) is 0. The zero-order valence-electron chi connectivity index (χ0n) is 10.1. The third-order valence-corrected chi connectivity index (χ3v) is 3.80. The first-order valence-corrected chi connectivity index (χ1v) is 6.26. The number of cyclic esters (lactones) is 1. The normalized spacial score (nSPS) is 18.6. The van der Waals surface area contributed by atoms with E-state index in [0.717, 1.165) is 17.5 Å². The van der Waals surface area contributed by atoms with Crippen LogP contribution in [0.25, 0.3) is 5.57 Å². The zero-order chi connectivity index (χ0) is 11.8. The molecule has 0 amide bonds. The minimum absolute atomic E-state index is 0.174. The molecule has 0 fully saturated rings. The zero-order valence-corrected chi connectivity index (χ0v) is 10.1. The van der Waals surface area contributed by atoms with Gasteiger partial charge in [0.2, 0.25) is 0 Å². The fourth-order valence-corrected chi connectivity index (χ4v) is 2.78. The van der Waals surface area contributed by atoms with Crippen molar-refractivity contribution in [3.63, 3.8) is 0 Å². The molecule has 0 saturated carbocycles. The number of rotatable bonds is 1. The van der Waals surface area contributed by atoms with Gasteiger partial charge in [0.1, 0.15) is 6.61 Å². The van der Waals surface area contributed by atoms with E-state index in [4.69, 9.17) is 4.74 Å². The summed E-state index contributed by atoms with van der Waals surface area (Å²) in [6.45, 7) is 2.55. The monoisotopic (exact) mass is 228 g/mol. The molecular formula is C15H16O2. The average molecular weight is 228 g/mol. The van der Waals surface area contributed by atoms with Gasteiger partial charge < -0.3 is 4.74 Å². The summed E-state index contributed by atoms with van der Waals surface area (Å²) in [5.74, 6) is -0.174. The van der Waals surface area contributed by atoms with Crippen molar-refractivity contribution in [1.82, 2.24) is 0 Å². The van der Waals surface area contributed by atoms with Crippen LogP contribution in [-0.2, 0) is 11.3 Å². The van der Waals surface area contributed by atoms with Gasteiger partial charge in [-0.1, -0.05) is 12.1 Å². The van der Waals surface area contributed by atoms with Crippen LogP contribution in [0.5, 0.6) is 0 Å². The van der Waals surface area contributed by atoms with E-state index in [1.54, 1.807) is 0 Å². The van der Waals surface area contributed by atoms with Gasteiger partial charge in [-0.3, -0.25) is 0 Å². The summed E-state index contributed by atoms with van der Waals surface area (Å²) < 4.78 is 5.09. The molecule has 1 aromatic carbocycles. The maximum atomic E-state index is 11.5. The van der Waals surface area contributed by atoms with Gasteiger partial charge in [-0.25, -0.2) is 4.79 Å². The van der Waals surface area contributed by atoms with E-state index in [0.29, 0.717) is 6.61 Å². The Hall–Kier alpha value is -1.57. The molecule has 1 aromatic rings. The lowest BCUT2D eigenvalue weighted by Crippen LogP contribution is -1.99. The SMILES string of the molecule is Cc1c(C2=CCCCC2)ccc2c1COC2=O. The quantitative estimate of drug-likeness (QED) is 0.686. The lowest BCUT2D eigenvalue weighted by Gasteiger charge is -2.16. The Morgan fingerprint density at radius 3 is 2.76 bits per heavy atom. The highest BCUT2D eigenvalue weighted by molar-refractivity contribution is 5.94. The van der Waals surface area contributed by atoms with Crippen molar-refractivity contribution < 1.29 is 9.53 Å². The third-order valence-electron chi connectivity index (χ3n) is 3.80. The Morgan fingerprint density at radius 2 is 2.00 bits per heavy atom. The van der Waals surface area contributed by atoms with Gasteiger partial charge in [-0.15, -0.1) is 0 Å². The number of ether oxygens (including phenoxy) is 1. The summed E-state index contributed by atoms with van der Waals surface area (Å²) in [7, 11) is 0. The number of allylic oxidation sites excluding steroid dienone is 2. The number of benzene rings is 1. The topological polar surface area (TPSA) is 26.3 Å². The van der Waals surface area contributed by atoms with Gasteiger partial charge in [0, 0.05) is 5.56 Å². The Kier molecular flexibility index (Phi) is 2.50. The van der Waals surface area contributed by atoms with Crippen LogP contribution in [0.3, 0.4) is 0 Å². The van der Waals surface area contributed by atoms with E-state index in [1.165, 1.54) is 36.0 Å². The first-order chi connectivity index (χ1) is 8.27. The van der Waals surface area contributed by atoms with Crippen LogP contribution in [0.1, 0.15) is 52.7 Å². The maximum Gasteiger partial charge on any atom is 0.338 e. The molecule has 0 aromatic heterocycles. The van der Waals surface area contributed by atoms with Gasteiger partial charge in [0.25, 0.3) is 0 Å². The average Bonchev–Trinajstić information content (AvgIpc) is 2.74. The first kappa shape index (κ1) is 10.6. The van der Waals surface area contributed by atoms with Crippen molar-refractivity contribution in [3.8, 4) is 0 Å². The fraction of sp³-hybridized carbons (Fsp3) is 0.400. The molecule has 2 heteroatoms. The van der Waals surface area contributed by atoms with Crippen LogP contribution in [0, 0.1) is 6.92 Å². The van der Waals surface area contributed by atoms with Gasteiger partial charge in [-0.2, -0.15) is 0 Å². The standard InChI is InChI=1S/C15H16O2/c1-10-12(11-5-3-2-4-6-11)7-8-13-14(10)9-17-15(13)16/h5,7-8H,2-4,6,9H2,1H3. The Morgan fingerprint density at radius 1 is 1.18 bits per heavy atom.